The first-order chi connectivity index (χ1) is 7.13. The summed E-state index contributed by atoms with van der Waals surface area (Å²) in [6.45, 7) is 0.680. The van der Waals surface area contributed by atoms with Crippen molar-refractivity contribution in [2.75, 3.05) is 6.54 Å². The molecule has 1 aromatic carbocycles. The minimum absolute atomic E-state index is 0. The summed E-state index contributed by atoms with van der Waals surface area (Å²) >= 11 is 3.25. The zero-order valence-electron chi connectivity index (χ0n) is 8.96. The van der Waals surface area contributed by atoms with Gasteiger partial charge in [-0.05, 0) is 43.1 Å². The second-order valence-electron chi connectivity index (χ2n) is 3.59. The molecule has 1 rings (SSSR count). The third-order valence-corrected chi connectivity index (χ3v) is 2.74. The van der Waals surface area contributed by atoms with E-state index in [0.29, 0.717) is 6.54 Å². The lowest BCUT2D eigenvalue weighted by Crippen LogP contribution is -2.11. The standard InChI is InChI=1S/C11H16BrFN2.ClH/c12-9-5-8(6-10(13)7-9)11(15)3-1-2-4-14;/h5-7,11H,1-4,14-15H2;1H/t11-;/m1./s1. The molecule has 0 saturated heterocycles. The fourth-order valence-corrected chi connectivity index (χ4v) is 1.95. The Balaban J connectivity index is 0.00000225. The van der Waals surface area contributed by atoms with Gasteiger partial charge in [0.2, 0.25) is 0 Å². The zero-order chi connectivity index (χ0) is 11.3. The Morgan fingerprint density at radius 3 is 2.50 bits per heavy atom. The van der Waals surface area contributed by atoms with E-state index in [-0.39, 0.29) is 24.3 Å². The summed E-state index contributed by atoms with van der Waals surface area (Å²) in [6, 6.07) is 4.66. The van der Waals surface area contributed by atoms with Crippen molar-refractivity contribution in [3.63, 3.8) is 0 Å². The molecule has 16 heavy (non-hydrogen) atoms. The van der Waals surface area contributed by atoms with Crippen molar-refractivity contribution in [2.24, 2.45) is 11.5 Å². The number of rotatable bonds is 5. The quantitative estimate of drug-likeness (QED) is 0.821. The highest BCUT2D eigenvalue weighted by Gasteiger charge is 2.07. The molecule has 0 unspecified atom stereocenters. The first-order valence-electron chi connectivity index (χ1n) is 5.05. The molecule has 2 nitrogen and oxygen atoms in total. The van der Waals surface area contributed by atoms with Crippen LogP contribution < -0.4 is 11.5 Å². The molecule has 0 spiro atoms. The third kappa shape index (κ3) is 5.25. The van der Waals surface area contributed by atoms with Crippen LogP contribution in [-0.4, -0.2) is 6.54 Å². The van der Waals surface area contributed by atoms with Crippen molar-refractivity contribution in [2.45, 2.75) is 25.3 Å². The Kier molecular flexibility index (Phi) is 7.93. The van der Waals surface area contributed by atoms with Gasteiger partial charge in [-0.25, -0.2) is 4.39 Å². The lowest BCUT2D eigenvalue weighted by atomic mass is 10.0. The average molecular weight is 312 g/mol. The fraction of sp³-hybridized carbons (Fsp3) is 0.455. The Labute approximate surface area is 110 Å². The third-order valence-electron chi connectivity index (χ3n) is 2.28. The molecule has 0 saturated carbocycles. The number of benzene rings is 1. The maximum atomic E-state index is 13.1. The van der Waals surface area contributed by atoms with Gasteiger partial charge in [-0.3, -0.25) is 0 Å². The summed E-state index contributed by atoms with van der Waals surface area (Å²) in [7, 11) is 0. The zero-order valence-corrected chi connectivity index (χ0v) is 11.4. The molecule has 0 radical (unpaired) electrons. The van der Waals surface area contributed by atoms with Gasteiger partial charge in [-0.2, -0.15) is 0 Å². The van der Waals surface area contributed by atoms with Crippen LogP contribution in [0.3, 0.4) is 0 Å². The van der Waals surface area contributed by atoms with Gasteiger partial charge in [0.1, 0.15) is 5.82 Å². The highest BCUT2D eigenvalue weighted by atomic mass is 79.9. The predicted molar refractivity (Wildman–Crippen MR) is 71.2 cm³/mol. The minimum Gasteiger partial charge on any atom is -0.330 e. The molecular weight excluding hydrogens is 294 g/mol. The molecule has 4 N–H and O–H groups in total. The molecule has 0 amide bonds. The van der Waals surface area contributed by atoms with E-state index in [1.165, 1.54) is 12.1 Å². The van der Waals surface area contributed by atoms with Gasteiger partial charge in [0, 0.05) is 10.5 Å². The van der Waals surface area contributed by atoms with Crippen molar-refractivity contribution >= 4 is 28.3 Å². The number of nitrogens with two attached hydrogens (primary N) is 2. The second kappa shape index (κ2) is 8.01. The molecule has 1 atom stereocenters. The number of hydrogen-bond donors (Lipinski definition) is 2. The van der Waals surface area contributed by atoms with Gasteiger partial charge in [-0.15, -0.1) is 12.4 Å². The highest BCUT2D eigenvalue weighted by molar-refractivity contribution is 9.10. The Morgan fingerprint density at radius 1 is 1.25 bits per heavy atom. The van der Waals surface area contributed by atoms with Crippen LogP contribution >= 0.6 is 28.3 Å². The van der Waals surface area contributed by atoms with E-state index in [0.717, 1.165) is 29.3 Å². The van der Waals surface area contributed by atoms with E-state index in [2.05, 4.69) is 15.9 Å². The van der Waals surface area contributed by atoms with Crippen LogP contribution in [0.5, 0.6) is 0 Å². The molecule has 0 aliphatic heterocycles. The molecule has 0 aliphatic rings. The van der Waals surface area contributed by atoms with Gasteiger partial charge >= 0.3 is 0 Å². The largest absolute Gasteiger partial charge is 0.330 e. The normalized spacial score (nSPS) is 12.0. The summed E-state index contributed by atoms with van der Waals surface area (Å²) in [6.07, 6.45) is 2.78. The first kappa shape index (κ1) is 15.8. The van der Waals surface area contributed by atoms with Crippen molar-refractivity contribution < 1.29 is 4.39 Å². The van der Waals surface area contributed by atoms with Gasteiger partial charge in [0.05, 0.1) is 0 Å². The number of halogens is 3. The molecule has 5 heteroatoms. The molecule has 1 aromatic rings. The lowest BCUT2D eigenvalue weighted by molar-refractivity contribution is 0.579. The van der Waals surface area contributed by atoms with Crippen molar-refractivity contribution in [1.82, 2.24) is 0 Å². The topological polar surface area (TPSA) is 52.0 Å². The minimum atomic E-state index is -0.256. The van der Waals surface area contributed by atoms with Gasteiger partial charge in [-0.1, -0.05) is 22.4 Å². The maximum Gasteiger partial charge on any atom is 0.124 e. The van der Waals surface area contributed by atoms with Gasteiger partial charge in [0.15, 0.2) is 0 Å². The van der Waals surface area contributed by atoms with Gasteiger partial charge in [0.25, 0.3) is 0 Å². The molecular formula is C11H17BrClFN2. The van der Waals surface area contributed by atoms with Crippen LogP contribution in [-0.2, 0) is 0 Å². The van der Waals surface area contributed by atoms with Crippen molar-refractivity contribution in [3.8, 4) is 0 Å². The predicted octanol–water partition coefficient (Wildman–Crippen LogP) is 3.14. The van der Waals surface area contributed by atoms with Crippen LogP contribution in [0.2, 0.25) is 0 Å². The molecule has 0 heterocycles. The summed E-state index contributed by atoms with van der Waals surface area (Å²) in [5.41, 5.74) is 12.2. The molecule has 92 valence electrons. The van der Waals surface area contributed by atoms with Crippen molar-refractivity contribution in [1.29, 1.82) is 0 Å². The monoisotopic (exact) mass is 310 g/mol. The second-order valence-corrected chi connectivity index (χ2v) is 4.51. The molecule has 0 bridgehead atoms. The van der Waals surface area contributed by atoms with E-state index in [9.17, 15) is 4.39 Å². The number of unbranched alkanes of at least 4 members (excludes halogenated alkanes) is 1. The Hall–Kier alpha value is -0.160. The SMILES string of the molecule is Cl.NCCCC[C@@H](N)c1cc(F)cc(Br)c1. The Morgan fingerprint density at radius 2 is 1.94 bits per heavy atom. The lowest BCUT2D eigenvalue weighted by Gasteiger charge is -2.12. The van der Waals surface area contributed by atoms with Crippen LogP contribution in [0.15, 0.2) is 22.7 Å². The van der Waals surface area contributed by atoms with E-state index < -0.39 is 0 Å². The highest BCUT2D eigenvalue weighted by Crippen LogP contribution is 2.22. The fourth-order valence-electron chi connectivity index (χ4n) is 1.46. The summed E-state index contributed by atoms with van der Waals surface area (Å²) < 4.78 is 13.8. The number of hydrogen-bond acceptors (Lipinski definition) is 2. The smallest absolute Gasteiger partial charge is 0.124 e. The molecule has 0 aliphatic carbocycles. The van der Waals surface area contributed by atoms with E-state index in [1.807, 2.05) is 6.07 Å². The van der Waals surface area contributed by atoms with E-state index in [4.69, 9.17) is 11.5 Å². The van der Waals surface area contributed by atoms with Gasteiger partial charge < -0.3 is 11.5 Å². The summed E-state index contributed by atoms with van der Waals surface area (Å²) in [5.74, 6) is -0.256. The summed E-state index contributed by atoms with van der Waals surface area (Å²) in [5, 5.41) is 0. The van der Waals surface area contributed by atoms with Crippen molar-refractivity contribution in [3.05, 3.63) is 34.1 Å². The van der Waals surface area contributed by atoms with E-state index in [1.54, 1.807) is 0 Å². The maximum absolute atomic E-state index is 13.1. The van der Waals surface area contributed by atoms with Crippen LogP contribution in [0.4, 0.5) is 4.39 Å². The Bertz CT molecular complexity index is 303. The molecule has 0 aromatic heterocycles. The molecule has 0 fully saturated rings. The summed E-state index contributed by atoms with van der Waals surface area (Å²) in [4.78, 5) is 0. The van der Waals surface area contributed by atoms with Crippen LogP contribution in [0.1, 0.15) is 30.9 Å². The average Bonchev–Trinajstić information content (AvgIpc) is 2.16. The van der Waals surface area contributed by atoms with E-state index >= 15 is 0 Å². The van der Waals surface area contributed by atoms with Crippen LogP contribution in [0, 0.1) is 5.82 Å². The van der Waals surface area contributed by atoms with Crippen LogP contribution in [0.25, 0.3) is 0 Å². The first-order valence-corrected chi connectivity index (χ1v) is 5.84.